The predicted octanol–water partition coefficient (Wildman–Crippen LogP) is 3.60. The predicted molar refractivity (Wildman–Crippen MR) is 68.8 cm³/mol. The van der Waals surface area contributed by atoms with Crippen molar-refractivity contribution in [3.63, 3.8) is 0 Å². The van der Waals surface area contributed by atoms with Gasteiger partial charge in [0, 0.05) is 11.8 Å². The molecule has 0 saturated carbocycles. The van der Waals surface area contributed by atoms with Crippen molar-refractivity contribution in [3.8, 4) is 28.8 Å². The zero-order chi connectivity index (χ0) is 16.4. The number of ether oxygens (including phenoxy) is 1. The van der Waals surface area contributed by atoms with Crippen LogP contribution in [0.5, 0.6) is 5.75 Å². The van der Waals surface area contributed by atoms with Gasteiger partial charge in [-0.25, -0.2) is 0 Å². The van der Waals surface area contributed by atoms with Gasteiger partial charge in [0.2, 0.25) is 5.89 Å². The van der Waals surface area contributed by atoms with Crippen molar-refractivity contribution in [3.05, 3.63) is 36.5 Å². The molecule has 0 spiro atoms. The summed E-state index contributed by atoms with van der Waals surface area (Å²) in [5.41, 5.74) is 0.393. The topological polar surface area (TPSA) is 66.0 Å². The molecule has 0 bridgehead atoms. The lowest BCUT2D eigenvalue weighted by atomic mass is 10.2. The second kappa shape index (κ2) is 6.07. The molecule has 0 unspecified atom stereocenters. The highest BCUT2D eigenvalue weighted by atomic mass is 19.3. The highest BCUT2D eigenvalue weighted by Crippen LogP contribution is 2.27. The van der Waals surface area contributed by atoms with Crippen LogP contribution in [-0.4, -0.2) is 26.6 Å². The number of nitrogens with zero attached hydrogens (tertiary/aromatic N) is 4. The number of hydrogen-bond donors (Lipinski definition) is 0. The van der Waals surface area contributed by atoms with E-state index in [1.54, 1.807) is 0 Å². The summed E-state index contributed by atoms with van der Waals surface area (Å²) in [7, 11) is 0. The Morgan fingerprint density at radius 2 is 1.65 bits per heavy atom. The van der Waals surface area contributed by atoms with Gasteiger partial charge in [-0.15, -0.1) is 10.2 Å². The first-order chi connectivity index (χ1) is 11.0. The van der Waals surface area contributed by atoms with Crippen LogP contribution in [0.3, 0.4) is 0 Å². The van der Waals surface area contributed by atoms with Gasteiger partial charge in [-0.3, -0.25) is 0 Å². The van der Waals surface area contributed by atoms with Gasteiger partial charge in [-0.2, -0.15) is 27.3 Å². The van der Waals surface area contributed by atoms with Crippen molar-refractivity contribution in [2.24, 2.45) is 0 Å². The molecule has 0 radical (unpaired) electrons. The van der Waals surface area contributed by atoms with E-state index in [2.05, 4.69) is 20.0 Å². The summed E-state index contributed by atoms with van der Waals surface area (Å²) in [6.45, 7) is -5.77. The lowest BCUT2D eigenvalue weighted by Crippen LogP contribution is -2.02. The van der Waals surface area contributed by atoms with Gasteiger partial charge in [-0.1, -0.05) is 0 Å². The van der Waals surface area contributed by atoms with Crippen LogP contribution in [0.2, 0.25) is 0 Å². The molecule has 3 rings (SSSR count). The third-order valence-corrected chi connectivity index (χ3v) is 2.83. The van der Waals surface area contributed by atoms with Gasteiger partial charge in [0.25, 0.3) is 5.89 Å². The summed E-state index contributed by atoms with van der Waals surface area (Å²) in [5.74, 6) is -0.115. The monoisotopic (exact) mass is 328 g/mol. The summed E-state index contributed by atoms with van der Waals surface area (Å²) >= 11 is 0. The van der Waals surface area contributed by atoms with Crippen molar-refractivity contribution in [2.75, 3.05) is 0 Å². The molecule has 0 saturated heterocycles. The molecule has 1 aromatic carbocycles. The van der Waals surface area contributed by atoms with Crippen LogP contribution in [0, 0.1) is 0 Å². The molecule has 0 aliphatic heterocycles. The van der Waals surface area contributed by atoms with E-state index in [9.17, 15) is 17.6 Å². The van der Waals surface area contributed by atoms with Crippen molar-refractivity contribution in [2.45, 2.75) is 13.2 Å². The molecule has 6 nitrogen and oxygen atoms in total. The number of halogens is 4. The van der Waals surface area contributed by atoms with Gasteiger partial charge < -0.3 is 9.15 Å². The summed E-state index contributed by atoms with van der Waals surface area (Å²) in [5, 5.41) is 10.9. The smallest absolute Gasteiger partial charge is 0.387 e. The Labute approximate surface area is 126 Å². The molecule has 0 aliphatic carbocycles. The zero-order valence-corrected chi connectivity index (χ0v) is 11.2. The molecule has 10 heteroatoms. The molecule has 23 heavy (non-hydrogen) atoms. The maximum absolute atomic E-state index is 12.8. The summed E-state index contributed by atoms with van der Waals surface area (Å²) in [4.78, 5) is 0. The van der Waals surface area contributed by atoms with Gasteiger partial charge in [-0.05, 0) is 30.3 Å². The maximum Gasteiger partial charge on any atom is 0.387 e. The zero-order valence-electron chi connectivity index (χ0n) is 11.2. The third kappa shape index (κ3) is 3.15. The highest BCUT2D eigenvalue weighted by Gasteiger charge is 2.19. The number of benzene rings is 1. The molecule has 0 atom stereocenters. The summed E-state index contributed by atoms with van der Waals surface area (Å²) < 4.78 is 59.6. The second-order valence-corrected chi connectivity index (χ2v) is 4.25. The normalized spacial score (nSPS) is 11.4. The van der Waals surface area contributed by atoms with Gasteiger partial charge in [0.05, 0.1) is 0 Å². The molecule has 3 aromatic rings. The van der Waals surface area contributed by atoms with Crippen LogP contribution in [0.25, 0.3) is 23.0 Å². The van der Waals surface area contributed by atoms with Crippen LogP contribution in [0.1, 0.15) is 6.55 Å². The molecule has 2 heterocycles. The Balaban J connectivity index is 1.85. The number of alkyl halides is 4. The van der Waals surface area contributed by atoms with E-state index in [1.165, 1.54) is 36.5 Å². The molecular weight excluding hydrogens is 320 g/mol. The first-order valence-electron chi connectivity index (χ1n) is 6.25. The summed E-state index contributed by atoms with van der Waals surface area (Å²) in [6.07, 6.45) is 1.18. The van der Waals surface area contributed by atoms with Crippen LogP contribution < -0.4 is 4.74 Å². The second-order valence-electron chi connectivity index (χ2n) is 4.25. The minimum atomic E-state index is -2.93. The van der Waals surface area contributed by atoms with E-state index in [0.29, 0.717) is 10.2 Å². The summed E-state index contributed by atoms with van der Waals surface area (Å²) in [6, 6.07) is 6.77. The fraction of sp³-hybridized carbons (Fsp3) is 0.154. The van der Waals surface area contributed by atoms with Gasteiger partial charge >= 0.3 is 13.2 Å². The first kappa shape index (κ1) is 15.0. The Morgan fingerprint density at radius 1 is 0.957 bits per heavy atom. The molecule has 0 N–H and O–H groups in total. The van der Waals surface area contributed by atoms with Crippen molar-refractivity contribution in [1.29, 1.82) is 0 Å². The van der Waals surface area contributed by atoms with Crippen LogP contribution in [-0.2, 0) is 0 Å². The number of rotatable bonds is 5. The van der Waals surface area contributed by atoms with Crippen LogP contribution >= 0.6 is 0 Å². The molecule has 0 aliphatic rings. The van der Waals surface area contributed by atoms with E-state index in [1.807, 2.05) is 0 Å². The van der Waals surface area contributed by atoms with Crippen molar-refractivity contribution in [1.82, 2.24) is 20.0 Å². The minimum absolute atomic E-state index is 0.0285. The quantitative estimate of drug-likeness (QED) is 0.670. The molecule has 2 aromatic heterocycles. The minimum Gasteiger partial charge on any atom is -0.435 e. The molecular formula is C13H8F4N4O2. The Morgan fingerprint density at radius 3 is 2.30 bits per heavy atom. The van der Waals surface area contributed by atoms with E-state index < -0.39 is 13.2 Å². The van der Waals surface area contributed by atoms with Crippen molar-refractivity contribution < 1.29 is 26.7 Å². The SMILES string of the molecule is FC(F)Oc1ccc(-c2nnc(-c3ccnn3C(F)F)o2)cc1. The van der Waals surface area contributed by atoms with Crippen LogP contribution in [0.4, 0.5) is 17.6 Å². The molecule has 0 fully saturated rings. The standard InChI is InChI=1S/C13H8F4N4O2/c14-12(15)21-9(5-6-18-21)11-20-19-10(23-11)7-1-3-8(4-2-7)22-13(16)17/h1-6,12-13H. The van der Waals surface area contributed by atoms with Crippen molar-refractivity contribution >= 4 is 0 Å². The average Bonchev–Trinajstić information content (AvgIpc) is 3.16. The van der Waals surface area contributed by atoms with Crippen LogP contribution in [0.15, 0.2) is 40.9 Å². The van der Waals surface area contributed by atoms with Gasteiger partial charge in [0.15, 0.2) is 0 Å². The first-order valence-corrected chi connectivity index (χ1v) is 6.25. The lowest BCUT2D eigenvalue weighted by Gasteiger charge is -2.04. The van der Waals surface area contributed by atoms with E-state index >= 15 is 0 Å². The number of hydrogen-bond acceptors (Lipinski definition) is 5. The van der Waals surface area contributed by atoms with E-state index in [-0.39, 0.29) is 23.2 Å². The Kier molecular flexibility index (Phi) is 3.96. The van der Waals surface area contributed by atoms with Gasteiger partial charge in [0.1, 0.15) is 11.4 Å². The van der Waals surface area contributed by atoms with E-state index in [4.69, 9.17) is 4.42 Å². The Hall–Kier alpha value is -2.91. The Bertz CT molecular complexity index is 785. The largest absolute Gasteiger partial charge is 0.435 e. The fourth-order valence-electron chi connectivity index (χ4n) is 1.86. The highest BCUT2D eigenvalue weighted by molar-refractivity contribution is 5.56. The lowest BCUT2D eigenvalue weighted by molar-refractivity contribution is -0.0498. The third-order valence-electron chi connectivity index (χ3n) is 2.83. The number of aromatic nitrogens is 4. The maximum atomic E-state index is 12.8. The molecule has 120 valence electrons. The fourth-order valence-corrected chi connectivity index (χ4v) is 1.86. The molecule has 0 amide bonds. The van der Waals surface area contributed by atoms with E-state index in [0.717, 1.165) is 0 Å². The average molecular weight is 328 g/mol.